The molecule has 1 N–H and O–H groups in total. The van der Waals surface area contributed by atoms with Gasteiger partial charge in [0.05, 0.1) is 0 Å². The Labute approximate surface area is 73.0 Å². The number of hydrogen-bond donors (Lipinski definition) is 1. The summed E-state index contributed by atoms with van der Waals surface area (Å²) in [6, 6.07) is 0.445. The maximum atomic E-state index is 11.4. The maximum absolute atomic E-state index is 11.4. The van der Waals surface area contributed by atoms with Crippen molar-refractivity contribution in [1.82, 2.24) is 5.32 Å². The van der Waals surface area contributed by atoms with Crippen LogP contribution in [0.5, 0.6) is 0 Å². The van der Waals surface area contributed by atoms with Crippen molar-refractivity contribution < 1.29 is 4.79 Å². The van der Waals surface area contributed by atoms with Gasteiger partial charge in [-0.05, 0) is 37.8 Å². The van der Waals surface area contributed by atoms with Crippen molar-refractivity contribution in [2.24, 2.45) is 11.8 Å². The van der Waals surface area contributed by atoms with Crippen LogP contribution >= 0.6 is 0 Å². The van der Waals surface area contributed by atoms with Crippen LogP contribution in [0, 0.1) is 11.8 Å². The molecule has 2 aliphatic heterocycles. The lowest BCUT2D eigenvalue weighted by atomic mass is 9.72. The molecule has 3 unspecified atom stereocenters. The fourth-order valence-electron chi connectivity index (χ4n) is 2.47. The molecule has 3 rings (SSSR count). The number of ketones is 1. The van der Waals surface area contributed by atoms with Crippen LogP contribution in [0.2, 0.25) is 0 Å². The number of rotatable bonds is 2. The first kappa shape index (κ1) is 7.99. The van der Waals surface area contributed by atoms with Crippen LogP contribution in [0.1, 0.15) is 19.3 Å². The van der Waals surface area contributed by atoms with E-state index in [0.717, 1.165) is 18.9 Å². The quantitative estimate of drug-likeness (QED) is 0.621. The summed E-state index contributed by atoms with van der Waals surface area (Å²) in [5.41, 5.74) is 0. The minimum Gasteiger partial charge on any atom is -0.313 e. The third-order valence-corrected chi connectivity index (χ3v) is 3.19. The Kier molecular flexibility index (Phi) is 2.01. The molecule has 0 amide bonds. The number of allylic oxidation sites excluding steroid dienone is 1. The molecule has 2 nitrogen and oxygen atoms in total. The molecule has 1 aliphatic carbocycles. The molecule has 2 heterocycles. The first-order valence-electron chi connectivity index (χ1n) is 4.71. The molecular formula is C10H15NO. The zero-order chi connectivity index (χ0) is 8.55. The largest absolute Gasteiger partial charge is 0.313 e. The van der Waals surface area contributed by atoms with Crippen molar-refractivity contribution >= 4 is 5.78 Å². The van der Waals surface area contributed by atoms with Gasteiger partial charge in [-0.25, -0.2) is 0 Å². The number of carbonyl (C=O) groups excluding carboxylic acids is 1. The lowest BCUT2D eigenvalue weighted by molar-refractivity contribution is -0.121. The van der Waals surface area contributed by atoms with Gasteiger partial charge in [0, 0.05) is 12.0 Å². The molecule has 3 fully saturated rings. The van der Waals surface area contributed by atoms with Crippen LogP contribution in [0.25, 0.3) is 0 Å². The summed E-state index contributed by atoms with van der Waals surface area (Å²) >= 11 is 0. The van der Waals surface area contributed by atoms with Crippen molar-refractivity contribution in [3.63, 3.8) is 0 Å². The highest BCUT2D eigenvalue weighted by molar-refractivity contribution is 5.91. The summed E-state index contributed by atoms with van der Waals surface area (Å²) in [7, 11) is 0. The molecule has 2 bridgehead atoms. The smallest absolute Gasteiger partial charge is 0.159 e. The van der Waals surface area contributed by atoms with Gasteiger partial charge >= 0.3 is 0 Å². The Bertz CT molecular complexity index is 204. The normalized spacial score (nSPS) is 39.5. The summed E-state index contributed by atoms with van der Waals surface area (Å²) < 4.78 is 0. The highest BCUT2D eigenvalue weighted by Crippen LogP contribution is 2.34. The zero-order valence-electron chi connectivity index (χ0n) is 7.25. The predicted molar refractivity (Wildman–Crippen MR) is 47.8 cm³/mol. The second-order valence-electron chi connectivity index (χ2n) is 3.91. The predicted octanol–water partition coefficient (Wildman–Crippen LogP) is 1.13. The van der Waals surface area contributed by atoms with Crippen molar-refractivity contribution in [2.45, 2.75) is 25.3 Å². The molecule has 3 aliphatic rings. The first-order valence-corrected chi connectivity index (χ1v) is 4.71. The molecule has 2 heteroatoms. The van der Waals surface area contributed by atoms with Crippen LogP contribution in [-0.4, -0.2) is 18.4 Å². The molecule has 0 aromatic heterocycles. The van der Waals surface area contributed by atoms with E-state index >= 15 is 0 Å². The number of fused-ring (bicyclic) bond motifs is 3. The molecule has 3 atom stereocenters. The van der Waals surface area contributed by atoms with E-state index in [2.05, 4.69) is 11.9 Å². The van der Waals surface area contributed by atoms with Gasteiger partial charge in [0.1, 0.15) is 0 Å². The fraction of sp³-hybridized carbons (Fsp3) is 0.700. The molecule has 2 saturated heterocycles. The Morgan fingerprint density at radius 3 is 2.75 bits per heavy atom. The van der Waals surface area contributed by atoms with E-state index in [4.69, 9.17) is 0 Å². The lowest BCUT2D eigenvalue weighted by Crippen LogP contribution is -2.52. The van der Waals surface area contributed by atoms with E-state index in [9.17, 15) is 4.79 Å². The standard InChI is InChI=1S/C10H15NO/c1-2-10(12)8-5-7-3-4-9(8)11-6-7/h2,7-9,11H,1,3-6H2. The van der Waals surface area contributed by atoms with Gasteiger partial charge in [-0.1, -0.05) is 6.58 Å². The second kappa shape index (κ2) is 3.02. The third kappa shape index (κ3) is 1.20. The Hall–Kier alpha value is -0.630. The number of piperidine rings is 2. The van der Waals surface area contributed by atoms with Crippen molar-refractivity contribution in [3.05, 3.63) is 12.7 Å². The summed E-state index contributed by atoms with van der Waals surface area (Å²) in [6.45, 7) is 4.66. The summed E-state index contributed by atoms with van der Waals surface area (Å²) in [5, 5.41) is 3.42. The average molecular weight is 165 g/mol. The fourth-order valence-corrected chi connectivity index (χ4v) is 2.47. The van der Waals surface area contributed by atoms with Crippen molar-refractivity contribution in [2.75, 3.05) is 6.54 Å². The van der Waals surface area contributed by atoms with Crippen molar-refractivity contribution in [3.8, 4) is 0 Å². The molecule has 0 aromatic rings. The van der Waals surface area contributed by atoms with E-state index in [-0.39, 0.29) is 11.7 Å². The van der Waals surface area contributed by atoms with Crippen LogP contribution in [0.15, 0.2) is 12.7 Å². The van der Waals surface area contributed by atoms with Gasteiger partial charge in [-0.15, -0.1) is 0 Å². The van der Waals surface area contributed by atoms with E-state index in [1.807, 2.05) is 0 Å². The zero-order valence-corrected chi connectivity index (χ0v) is 7.25. The molecule has 0 spiro atoms. The highest BCUT2D eigenvalue weighted by atomic mass is 16.1. The second-order valence-corrected chi connectivity index (χ2v) is 3.91. The highest BCUT2D eigenvalue weighted by Gasteiger charge is 2.37. The van der Waals surface area contributed by atoms with E-state index in [1.165, 1.54) is 18.9 Å². The van der Waals surface area contributed by atoms with Crippen LogP contribution in [0.4, 0.5) is 0 Å². The minimum absolute atomic E-state index is 0.231. The number of carbonyl (C=O) groups is 1. The van der Waals surface area contributed by atoms with Gasteiger partial charge in [-0.2, -0.15) is 0 Å². The average Bonchev–Trinajstić information content (AvgIpc) is 2.18. The summed E-state index contributed by atoms with van der Waals surface area (Å²) in [5.74, 6) is 1.20. The van der Waals surface area contributed by atoms with Crippen molar-refractivity contribution in [1.29, 1.82) is 0 Å². The lowest BCUT2D eigenvalue weighted by Gasteiger charge is -2.42. The number of hydrogen-bond acceptors (Lipinski definition) is 2. The molecular weight excluding hydrogens is 150 g/mol. The van der Waals surface area contributed by atoms with E-state index in [1.54, 1.807) is 0 Å². The summed E-state index contributed by atoms with van der Waals surface area (Å²) in [4.78, 5) is 11.4. The Morgan fingerprint density at radius 2 is 2.33 bits per heavy atom. The SMILES string of the molecule is C=CC(=O)C1CC2CCC1NC2. The van der Waals surface area contributed by atoms with Gasteiger partial charge < -0.3 is 5.32 Å². The third-order valence-electron chi connectivity index (χ3n) is 3.19. The minimum atomic E-state index is 0.231. The molecule has 12 heavy (non-hydrogen) atoms. The number of nitrogens with one attached hydrogen (secondary N) is 1. The summed E-state index contributed by atoms with van der Waals surface area (Å²) in [6.07, 6.45) is 5.04. The molecule has 1 saturated carbocycles. The molecule has 66 valence electrons. The van der Waals surface area contributed by atoms with Crippen LogP contribution < -0.4 is 5.32 Å². The maximum Gasteiger partial charge on any atom is 0.159 e. The van der Waals surface area contributed by atoms with Gasteiger partial charge in [0.15, 0.2) is 5.78 Å². The molecule has 0 aromatic carbocycles. The van der Waals surface area contributed by atoms with Gasteiger partial charge in [0.25, 0.3) is 0 Å². The topological polar surface area (TPSA) is 29.1 Å². The van der Waals surface area contributed by atoms with Gasteiger partial charge in [-0.3, -0.25) is 4.79 Å². The van der Waals surface area contributed by atoms with E-state index < -0.39 is 0 Å². The van der Waals surface area contributed by atoms with E-state index in [0.29, 0.717) is 6.04 Å². The van der Waals surface area contributed by atoms with Crippen LogP contribution in [0.3, 0.4) is 0 Å². The van der Waals surface area contributed by atoms with Crippen LogP contribution in [-0.2, 0) is 4.79 Å². The Morgan fingerprint density at radius 1 is 1.50 bits per heavy atom. The monoisotopic (exact) mass is 165 g/mol. The van der Waals surface area contributed by atoms with Gasteiger partial charge in [0.2, 0.25) is 0 Å². The first-order chi connectivity index (χ1) is 5.81. The molecule has 0 radical (unpaired) electrons. The Balaban J connectivity index is 2.08.